The number of nitrogens with zero attached hydrogens (tertiary/aromatic N) is 1. The zero-order valence-electron chi connectivity index (χ0n) is 13.8. The quantitative estimate of drug-likeness (QED) is 0.875. The Hall–Kier alpha value is -1.75. The van der Waals surface area contributed by atoms with E-state index >= 15 is 0 Å². The van der Waals surface area contributed by atoms with Crippen molar-refractivity contribution in [2.45, 2.75) is 46.2 Å². The predicted octanol–water partition coefficient (Wildman–Crippen LogP) is 2.18. The molecule has 0 bridgehead atoms. The molecule has 0 fully saturated rings. The average Bonchev–Trinajstić information content (AvgIpc) is 2.94. The van der Waals surface area contributed by atoms with Gasteiger partial charge >= 0.3 is 0 Å². The molecule has 0 aliphatic carbocycles. The van der Waals surface area contributed by atoms with Crippen LogP contribution in [0.2, 0.25) is 0 Å². The minimum absolute atomic E-state index is 0.0192. The minimum Gasteiger partial charge on any atom is -0.454 e. The van der Waals surface area contributed by atoms with Crippen LogP contribution in [-0.4, -0.2) is 36.2 Å². The van der Waals surface area contributed by atoms with Crippen LogP contribution in [0, 0.1) is 5.92 Å². The fourth-order valence-electron chi connectivity index (χ4n) is 2.68. The number of nitrogens with two attached hydrogens (primary N) is 1. The SMILES string of the molecule is CCN(C(=O)[C@@H](N)C(C)C)C(C)Cc1ccc2c(c1)OCO2. The number of carbonyl (C=O) groups is 1. The van der Waals surface area contributed by atoms with Crippen LogP contribution in [0.1, 0.15) is 33.3 Å². The molecule has 1 amide bonds. The average molecular weight is 306 g/mol. The molecule has 122 valence electrons. The number of carbonyl (C=O) groups excluding carboxylic acids is 1. The van der Waals surface area contributed by atoms with E-state index in [0.29, 0.717) is 6.54 Å². The lowest BCUT2D eigenvalue weighted by Gasteiger charge is -2.31. The third kappa shape index (κ3) is 3.53. The van der Waals surface area contributed by atoms with Crippen LogP contribution < -0.4 is 15.2 Å². The van der Waals surface area contributed by atoms with E-state index in [1.54, 1.807) is 0 Å². The molecule has 5 nitrogen and oxygen atoms in total. The molecule has 1 heterocycles. The molecule has 0 aromatic heterocycles. The standard InChI is InChI=1S/C17H26N2O3/c1-5-19(17(20)16(18)11(2)3)12(4)8-13-6-7-14-15(9-13)22-10-21-14/h6-7,9,11-12,16H,5,8,10,18H2,1-4H3/t12?,16-/m0/s1. The molecular formula is C17H26N2O3. The lowest BCUT2D eigenvalue weighted by molar-refractivity contribution is -0.135. The Bertz CT molecular complexity index is 531. The lowest BCUT2D eigenvalue weighted by Crippen LogP contribution is -2.50. The largest absolute Gasteiger partial charge is 0.454 e. The summed E-state index contributed by atoms with van der Waals surface area (Å²) in [6.45, 7) is 8.92. The molecule has 1 aliphatic rings. The Morgan fingerprint density at radius 1 is 1.27 bits per heavy atom. The topological polar surface area (TPSA) is 64.8 Å². The van der Waals surface area contributed by atoms with Gasteiger partial charge in [0.25, 0.3) is 0 Å². The summed E-state index contributed by atoms with van der Waals surface area (Å²) in [6, 6.07) is 5.56. The molecule has 0 radical (unpaired) electrons. The first-order chi connectivity index (χ1) is 10.4. The fraction of sp³-hybridized carbons (Fsp3) is 0.588. The molecule has 2 rings (SSSR count). The summed E-state index contributed by atoms with van der Waals surface area (Å²) in [6.07, 6.45) is 0.765. The van der Waals surface area contributed by atoms with Crippen molar-refractivity contribution in [3.63, 3.8) is 0 Å². The number of fused-ring (bicyclic) bond motifs is 1. The summed E-state index contributed by atoms with van der Waals surface area (Å²) in [5, 5.41) is 0. The Balaban J connectivity index is 2.06. The van der Waals surface area contributed by atoms with Crippen LogP contribution in [0.3, 0.4) is 0 Å². The number of benzene rings is 1. The van der Waals surface area contributed by atoms with E-state index in [4.69, 9.17) is 15.2 Å². The van der Waals surface area contributed by atoms with E-state index in [1.165, 1.54) is 0 Å². The van der Waals surface area contributed by atoms with Crippen LogP contribution in [0.15, 0.2) is 18.2 Å². The molecule has 2 atom stereocenters. The molecule has 1 aliphatic heterocycles. The van der Waals surface area contributed by atoms with Gasteiger partial charge in [-0.3, -0.25) is 4.79 Å². The summed E-state index contributed by atoms with van der Waals surface area (Å²) < 4.78 is 10.7. The number of rotatable bonds is 6. The Morgan fingerprint density at radius 3 is 2.59 bits per heavy atom. The Kier molecular flexibility index (Phi) is 5.29. The van der Waals surface area contributed by atoms with Crippen molar-refractivity contribution >= 4 is 5.91 Å². The monoisotopic (exact) mass is 306 g/mol. The summed E-state index contributed by atoms with van der Waals surface area (Å²) in [7, 11) is 0. The van der Waals surface area contributed by atoms with Gasteiger partial charge < -0.3 is 20.1 Å². The third-order valence-corrected chi connectivity index (χ3v) is 4.13. The van der Waals surface area contributed by atoms with Gasteiger partial charge in [-0.05, 0) is 43.9 Å². The molecule has 1 unspecified atom stereocenters. The molecule has 22 heavy (non-hydrogen) atoms. The smallest absolute Gasteiger partial charge is 0.239 e. The number of hydrogen-bond acceptors (Lipinski definition) is 4. The number of likely N-dealkylation sites (N-methyl/N-ethyl adjacent to an activating group) is 1. The van der Waals surface area contributed by atoms with Crippen LogP contribution in [-0.2, 0) is 11.2 Å². The minimum atomic E-state index is -0.445. The maximum absolute atomic E-state index is 12.5. The highest BCUT2D eigenvalue weighted by atomic mass is 16.7. The van der Waals surface area contributed by atoms with Gasteiger partial charge in [-0.15, -0.1) is 0 Å². The first-order valence-corrected chi connectivity index (χ1v) is 7.88. The van der Waals surface area contributed by atoms with Gasteiger partial charge in [0.2, 0.25) is 12.7 Å². The number of hydrogen-bond donors (Lipinski definition) is 1. The highest BCUT2D eigenvalue weighted by Gasteiger charge is 2.26. The van der Waals surface area contributed by atoms with E-state index in [2.05, 4.69) is 6.92 Å². The van der Waals surface area contributed by atoms with E-state index in [9.17, 15) is 4.79 Å². The highest BCUT2D eigenvalue weighted by molar-refractivity contribution is 5.82. The van der Waals surface area contributed by atoms with Gasteiger partial charge in [-0.1, -0.05) is 19.9 Å². The zero-order valence-corrected chi connectivity index (χ0v) is 13.8. The van der Waals surface area contributed by atoms with Crippen molar-refractivity contribution in [2.75, 3.05) is 13.3 Å². The van der Waals surface area contributed by atoms with Crippen molar-refractivity contribution in [3.8, 4) is 11.5 Å². The summed E-state index contributed by atoms with van der Waals surface area (Å²) in [5.41, 5.74) is 7.14. The second-order valence-corrected chi connectivity index (χ2v) is 6.13. The maximum atomic E-state index is 12.5. The van der Waals surface area contributed by atoms with Crippen LogP contribution >= 0.6 is 0 Å². The maximum Gasteiger partial charge on any atom is 0.239 e. The molecule has 1 aromatic rings. The second-order valence-electron chi connectivity index (χ2n) is 6.13. The van der Waals surface area contributed by atoms with Crippen LogP contribution in [0.4, 0.5) is 0 Å². The van der Waals surface area contributed by atoms with Gasteiger partial charge in [0.05, 0.1) is 6.04 Å². The van der Waals surface area contributed by atoms with Gasteiger partial charge in [0.1, 0.15) is 0 Å². The van der Waals surface area contributed by atoms with E-state index in [-0.39, 0.29) is 24.7 Å². The number of amides is 1. The predicted molar refractivity (Wildman–Crippen MR) is 85.9 cm³/mol. The van der Waals surface area contributed by atoms with Crippen molar-refractivity contribution < 1.29 is 14.3 Å². The van der Waals surface area contributed by atoms with E-state index in [0.717, 1.165) is 23.5 Å². The van der Waals surface area contributed by atoms with Gasteiger partial charge in [-0.25, -0.2) is 0 Å². The molecule has 0 saturated carbocycles. The van der Waals surface area contributed by atoms with Crippen molar-refractivity contribution in [1.29, 1.82) is 0 Å². The Labute approximate surface area is 132 Å². The molecule has 5 heteroatoms. The van der Waals surface area contributed by atoms with Crippen molar-refractivity contribution in [2.24, 2.45) is 11.7 Å². The second kappa shape index (κ2) is 7.01. The molecule has 0 saturated heterocycles. The lowest BCUT2D eigenvalue weighted by atomic mass is 10.0. The van der Waals surface area contributed by atoms with E-state index in [1.807, 2.05) is 43.9 Å². The first-order valence-electron chi connectivity index (χ1n) is 7.88. The van der Waals surface area contributed by atoms with Crippen molar-refractivity contribution in [1.82, 2.24) is 4.90 Å². The van der Waals surface area contributed by atoms with Crippen LogP contribution in [0.5, 0.6) is 11.5 Å². The van der Waals surface area contributed by atoms with Gasteiger partial charge in [-0.2, -0.15) is 0 Å². The normalized spacial score (nSPS) is 15.7. The number of ether oxygens (including phenoxy) is 2. The van der Waals surface area contributed by atoms with Gasteiger partial charge in [0, 0.05) is 12.6 Å². The van der Waals surface area contributed by atoms with Crippen LogP contribution in [0.25, 0.3) is 0 Å². The third-order valence-electron chi connectivity index (χ3n) is 4.13. The summed E-state index contributed by atoms with van der Waals surface area (Å²) in [4.78, 5) is 14.3. The molecule has 0 spiro atoms. The summed E-state index contributed by atoms with van der Waals surface area (Å²) in [5.74, 6) is 1.71. The zero-order chi connectivity index (χ0) is 16.3. The first kappa shape index (κ1) is 16.6. The molecule has 1 aromatic carbocycles. The summed E-state index contributed by atoms with van der Waals surface area (Å²) >= 11 is 0. The highest BCUT2D eigenvalue weighted by Crippen LogP contribution is 2.33. The fourth-order valence-corrected chi connectivity index (χ4v) is 2.68. The van der Waals surface area contributed by atoms with E-state index < -0.39 is 6.04 Å². The molecular weight excluding hydrogens is 280 g/mol. The molecule has 2 N–H and O–H groups in total. The Morgan fingerprint density at radius 2 is 1.95 bits per heavy atom. The van der Waals surface area contributed by atoms with Crippen molar-refractivity contribution in [3.05, 3.63) is 23.8 Å². The van der Waals surface area contributed by atoms with Gasteiger partial charge in [0.15, 0.2) is 11.5 Å².